The molecule has 0 saturated carbocycles. The van der Waals surface area contributed by atoms with Gasteiger partial charge in [0.05, 0.1) is 5.75 Å². The third-order valence-electron chi connectivity index (χ3n) is 3.83. The Morgan fingerprint density at radius 1 is 0.893 bits per heavy atom. The second-order valence-corrected chi connectivity index (χ2v) is 6.73. The van der Waals surface area contributed by atoms with Crippen LogP contribution in [0.4, 0.5) is 5.95 Å². The number of carbonyl (C=O) groups excluding carboxylic acids is 1. The number of anilines is 1. The molecule has 0 spiro atoms. The van der Waals surface area contributed by atoms with Crippen molar-refractivity contribution < 1.29 is 9.21 Å². The van der Waals surface area contributed by atoms with Crippen LogP contribution in [-0.4, -0.2) is 26.6 Å². The molecule has 0 aliphatic heterocycles. The van der Waals surface area contributed by atoms with Gasteiger partial charge in [0.15, 0.2) is 5.76 Å². The molecule has 28 heavy (non-hydrogen) atoms. The van der Waals surface area contributed by atoms with E-state index in [1.807, 2.05) is 60.7 Å². The average Bonchev–Trinajstić information content (AvgIpc) is 3.19. The first-order valence-electron chi connectivity index (χ1n) is 8.61. The SMILES string of the molecule is O=C(CSc1nc(-c2ccccc2)c(-c2ccccc2)o1)Nc1ncccn1. The van der Waals surface area contributed by atoms with Gasteiger partial charge in [0.1, 0.15) is 5.69 Å². The summed E-state index contributed by atoms with van der Waals surface area (Å²) in [7, 11) is 0. The van der Waals surface area contributed by atoms with Gasteiger partial charge in [-0.15, -0.1) is 0 Å². The van der Waals surface area contributed by atoms with Crippen molar-refractivity contribution in [1.82, 2.24) is 15.0 Å². The van der Waals surface area contributed by atoms with Crippen LogP contribution in [0.1, 0.15) is 0 Å². The lowest BCUT2D eigenvalue weighted by molar-refractivity contribution is -0.113. The van der Waals surface area contributed by atoms with Gasteiger partial charge >= 0.3 is 0 Å². The van der Waals surface area contributed by atoms with E-state index in [-0.39, 0.29) is 17.6 Å². The van der Waals surface area contributed by atoms with E-state index in [2.05, 4.69) is 20.3 Å². The summed E-state index contributed by atoms with van der Waals surface area (Å²) in [4.78, 5) is 24.7. The molecule has 0 unspecified atom stereocenters. The summed E-state index contributed by atoms with van der Waals surface area (Å²) in [6.45, 7) is 0. The van der Waals surface area contributed by atoms with Crippen LogP contribution in [0.5, 0.6) is 0 Å². The molecule has 0 bridgehead atoms. The number of thioether (sulfide) groups is 1. The van der Waals surface area contributed by atoms with Gasteiger partial charge in [0.25, 0.3) is 5.22 Å². The number of nitrogens with one attached hydrogen (secondary N) is 1. The van der Waals surface area contributed by atoms with E-state index < -0.39 is 0 Å². The van der Waals surface area contributed by atoms with Crippen LogP contribution in [0.25, 0.3) is 22.6 Å². The van der Waals surface area contributed by atoms with Gasteiger partial charge in [-0.2, -0.15) is 0 Å². The highest BCUT2D eigenvalue weighted by Gasteiger charge is 2.18. The van der Waals surface area contributed by atoms with Gasteiger partial charge in [-0.1, -0.05) is 72.4 Å². The minimum Gasteiger partial charge on any atom is -0.431 e. The Labute approximate surface area is 166 Å². The van der Waals surface area contributed by atoms with Crippen LogP contribution in [0.2, 0.25) is 0 Å². The Kier molecular flexibility index (Phi) is 5.44. The summed E-state index contributed by atoms with van der Waals surface area (Å²) < 4.78 is 6.00. The first kappa shape index (κ1) is 17.9. The standard InChI is InChI=1S/C21H16N4O2S/c26-17(24-20-22-12-7-13-23-20)14-28-21-25-18(15-8-3-1-4-9-15)19(27-21)16-10-5-2-6-11-16/h1-13H,14H2,(H,22,23,24,26). The molecule has 0 saturated heterocycles. The molecule has 138 valence electrons. The van der Waals surface area contributed by atoms with Crippen LogP contribution in [0.3, 0.4) is 0 Å². The van der Waals surface area contributed by atoms with E-state index in [4.69, 9.17) is 4.42 Å². The molecular weight excluding hydrogens is 372 g/mol. The van der Waals surface area contributed by atoms with Crippen LogP contribution in [0, 0.1) is 0 Å². The predicted octanol–water partition coefficient (Wildman–Crippen LogP) is 4.53. The molecule has 4 rings (SSSR count). The predicted molar refractivity (Wildman–Crippen MR) is 109 cm³/mol. The highest BCUT2D eigenvalue weighted by Crippen LogP contribution is 2.35. The molecule has 1 amide bonds. The molecule has 2 heterocycles. The highest BCUT2D eigenvalue weighted by atomic mass is 32.2. The number of amides is 1. The molecule has 0 aliphatic rings. The number of rotatable bonds is 6. The quantitative estimate of drug-likeness (QED) is 0.489. The molecule has 2 aromatic heterocycles. The monoisotopic (exact) mass is 388 g/mol. The zero-order valence-electron chi connectivity index (χ0n) is 14.8. The number of carbonyl (C=O) groups is 1. The number of aromatic nitrogens is 3. The molecule has 2 aromatic carbocycles. The normalized spacial score (nSPS) is 10.6. The highest BCUT2D eigenvalue weighted by molar-refractivity contribution is 7.99. The van der Waals surface area contributed by atoms with Gasteiger partial charge in [-0.05, 0) is 6.07 Å². The topological polar surface area (TPSA) is 80.9 Å². The lowest BCUT2D eigenvalue weighted by Crippen LogP contribution is -2.15. The van der Waals surface area contributed by atoms with Crippen molar-refractivity contribution in [3.05, 3.63) is 79.1 Å². The maximum atomic E-state index is 12.1. The summed E-state index contributed by atoms with van der Waals surface area (Å²) in [5, 5.41) is 3.08. The molecule has 0 atom stereocenters. The summed E-state index contributed by atoms with van der Waals surface area (Å²) in [5.41, 5.74) is 2.64. The largest absolute Gasteiger partial charge is 0.431 e. The molecule has 0 radical (unpaired) electrons. The first-order chi connectivity index (χ1) is 13.8. The molecule has 1 N–H and O–H groups in total. The molecule has 0 aliphatic carbocycles. The third-order valence-corrected chi connectivity index (χ3v) is 4.66. The van der Waals surface area contributed by atoms with Crippen molar-refractivity contribution in [3.63, 3.8) is 0 Å². The Balaban J connectivity index is 1.55. The van der Waals surface area contributed by atoms with Crippen LogP contribution in [-0.2, 0) is 4.79 Å². The van der Waals surface area contributed by atoms with Crippen LogP contribution in [0.15, 0.2) is 88.8 Å². The smallest absolute Gasteiger partial charge is 0.257 e. The molecule has 4 aromatic rings. The van der Waals surface area contributed by atoms with Gasteiger partial charge in [-0.3, -0.25) is 10.1 Å². The lowest BCUT2D eigenvalue weighted by Gasteiger charge is -2.01. The van der Waals surface area contributed by atoms with E-state index in [9.17, 15) is 4.79 Å². The van der Waals surface area contributed by atoms with Crippen molar-refractivity contribution in [3.8, 4) is 22.6 Å². The first-order valence-corrected chi connectivity index (χ1v) is 9.59. The molecule has 0 fully saturated rings. The number of nitrogens with zero attached hydrogens (tertiary/aromatic N) is 3. The Morgan fingerprint density at radius 2 is 1.54 bits per heavy atom. The van der Waals surface area contributed by atoms with Gasteiger partial charge in [-0.25, -0.2) is 15.0 Å². The van der Waals surface area contributed by atoms with E-state index in [0.29, 0.717) is 11.0 Å². The summed E-state index contributed by atoms with van der Waals surface area (Å²) in [6, 6.07) is 21.3. The van der Waals surface area contributed by atoms with Crippen molar-refractivity contribution in [1.29, 1.82) is 0 Å². The zero-order chi connectivity index (χ0) is 19.2. The lowest BCUT2D eigenvalue weighted by atomic mass is 10.1. The van der Waals surface area contributed by atoms with Gasteiger partial charge in [0, 0.05) is 23.5 Å². The number of oxazole rings is 1. The minimum atomic E-state index is -0.225. The fourth-order valence-corrected chi connectivity index (χ4v) is 3.22. The molecular formula is C21H16N4O2S. The Bertz CT molecular complexity index is 997. The number of hydrogen-bond acceptors (Lipinski definition) is 6. The van der Waals surface area contributed by atoms with Crippen molar-refractivity contribution in [2.45, 2.75) is 5.22 Å². The van der Waals surface area contributed by atoms with Gasteiger partial charge < -0.3 is 4.42 Å². The number of hydrogen-bond donors (Lipinski definition) is 1. The van der Waals surface area contributed by atoms with Crippen molar-refractivity contribution in [2.75, 3.05) is 11.1 Å². The van der Waals surface area contributed by atoms with Crippen molar-refractivity contribution in [2.24, 2.45) is 0 Å². The van der Waals surface area contributed by atoms with Crippen LogP contribution >= 0.6 is 11.8 Å². The van der Waals surface area contributed by atoms with Gasteiger partial charge in [0.2, 0.25) is 11.9 Å². The number of benzene rings is 2. The molecule has 7 heteroatoms. The van der Waals surface area contributed by atoms with E-state index >= 15 is 0 Å². The Hall–Kier alpha value is -3.45. The van der Waals surface area contributed by atoms with E-state index in [1.165, 1.54) is 11.8 Å². The fourth-order valence-electron chi connectivity index (χ4n) is 2.59. The Morgan fingerprint density at radius 3 is 2.21 bits per heavy atom. The summed E-state index contributed by atoms with van der Waals surface area (Å²) >= 11 is 1.23. The van der Waals surface area contributed by atoms with E-state index in [0.717, 1.165) is 16.8 Å². The van der Waals surface area contributed by atoms with Crippen LogP contribution < -0.4 is 5.32 Å². The zero-order valence-corrected chi connectivity index (χ0v) is 15.6. The second kappa shape index (κ2) is 8.49. The maximum Gasteiger partial charge on any atom is 0.257 e. The second-order valence-electron chi connectivity index (χ2n) is 5.80. The minimum absolute atomic E-state index is 0.140. The summed E-state index contributed by atoms with van der Waals surface area (Å²) in [5.74, 6) is 0.870. The van der Waals surface area contributed by atoms with Crippen molar-refractivity contribution >= 4 is 23.6 Å². The fraction of sp³-hybridized carbons (Fsp3) is 0.0476. The third kappa shape index (κ3) is 4.27. The maximum absolute atomic E-state index is 12.1. The average molecular weight is 388 g/mol. The summed E-state index contributed by atoms with van der Waals surface area (Å²) in [6.07, 6.45) is 3.14. The van der Waals surface area contributed by atoms with E-state index in [1.54, 1.807) is 18.5 Å². The molecule has 6 nitrogen and oxygen atoms in total.